The molecular weight excluding hydrogens is 338 g/mol. The summed E-state index contributed by atoms with van der Waals surface area (Å²) in [5.74, 6) is 0.906. The van der Waals surface area contributed by atoms with Gasteiger partial charge in [0.05, 0.1) is 6.54 Å². The fraction of sp³-hybridized carbons (Fsp3) is 0.667. The molecule has 0 aliphatic carbocycles. The third-order valence-electron chi connectivity index (χ3n) is 4.88. The summed E-state index contributed by atoms with van der Waals surface area (Å²) in [6, 6.07) is 11.1. The standard InChI is InChI=1S/C21H37N5O/c1-4-22-21(23-12-9-17-27-5-2)24-18-19(3)25-13-15-26(16-14-25)20-10-7-6-8-11-20/h6-8,10-11,19H,4-5,9,12-18H2,1-3H3,(H2,22,23,24). The zero-order valence-corrected chi connectivity index (χ0v) is 17.3. The van der Waals surface area contributed by atoms with E-state index in [9.17, 15) is 0 Å². The van der Waals surface area contributed by atoms with Crippen molar-refractivity contribution >= 4 is 11.6 Å². The van der Waals surface area contributed by atoms with Crippen molar-refractivity contribution in [3.8, 4) is 0 Å². The maximum atomic E-state index is 5.38. The van der Waals surface area contributed by atoms with Gasteiger partial charge < -0.3 is 20.3 Å². The van der Waals surface area contributed by atoms with Gasteiger partial charge in [0.2, 0.25) is 0 Å². The van der Waals surface area contributed by atoms with Crippen molar-refractivity contribution in [1.29, 1.82) is 0 Å². The van der Waals surface area contributed by atoms with Crippen LogP contribution in [0.15, 0.2) is 35.3 Å². The average Bonchev–Trinajstić information content (AvgIpc) is 2.72. The molecule has 1 aliphatic heterocycles. The minimum Gasteiger partial charge on any atom is -0.382 e. The SMILES string of the molecule is CCNC(=NCC(C)N1CCN(c2ccccc2)CC1)NCCCOCC. The average molecular weight is 376 g/mol. The van der Waals surface area contributed by atoms with E-state index in [0.29, 0.717) is 6.04 Å². The Kier molecular flexibility index (Phi) is 10.0. The molecule has 0 bridgehead atoms. The van der Waals surface area contributed by atoms with Gasteiger partial charge in [0, 0.05) is 64.2 Å². The molecule has 6 heteroatoms. The molecule has 1 aromatic carbocycles. The van der Waals surface area contributed by atoms with Crippen LogP contribution >= 0.6 is 0 Å². The van der Waals surface area contributed by atoms with E-state index in [1.807, 2.05) is 6.92 Å². The number of hydrogen-bond acceptors (Lipinski definition) is 4. The molecule has 1 unspecified atom stereocenters. The first-order chi connectivity index (χ1) is 13.2. The third-order valence-corrected chi connectivity index (χ3v) is 4.88. The van der Waals surface area contributed by atoms with Crippen molar-refractivity contribution in [2.75, 3.05) is 63.9 Å². The van der Waals surface area contributed by atoms with Crippen LogP contribution < -0.4 is 15.5 Å². The molecule has 1 aromatic rings. The van der Waals surface area contributed by atoms with Crippen molar-refractivity contribution < 1.29 is 4.74 Å². The van der Waals surface area contributed by atoms with Gasteiger partial charge in [-0.2, -0.15) is 0 Å². The zero-order valence-electron chi connectivity index (χ0n) is 17.3. The summed E-state index contributed by atoms with van der Waals surface area (Å²) in [4.78, 5) is 9.79. The highest BCUT2D eigenvalue weighted by Crippen LogP contribution is 2.16. The minimum absolute atomic E-state index is 0.446. The van der Waals surface area contributed by atoms with Gasteiger partial charge in [-0.25, -0.2) is 0 Å². The summed E-state index contributed by atoms with van der Waals surface area (Å²) in [5.41, 5.74) is 1.33. The summed E-state index contributed by atoms with van der Waals surface area (Å²) in [5, 5.41) is 6.73. The number of rotatable bonds is 10. The molecule has 0 aromatic heterocycles. The molecule has 1 atom stereocenters. The monoisotopic (exact) mass is 375 g/mol. The molecule has 6 nitrogen and oxygen atoms in total. The Balaban J connectivity index is 1.74. The van der Waals surface area contributed by atoms with Crippen LogP contribution in [0, 0.1) is 0 Å². The smallest absolute Gasteiger partial charge is 0.191 e. The van der Waals surface area contributed by atoms with Gasteiger partial charge in [0.1, 0.15) is 0 Å². The van der Waals surface area contributed by atoms with Crippen LogP contribution in [0.5, 0.6) is 0 Å². The number of benzene rings is 1. The van der Waals surface area contributed by atoms with Crippen LogP contribution in [0.3, 0.4) is 0 Å². The molecule has 1 aliphatic rings. The number of guanidine groups is 1. The highest BCUT2D eigenvalue weighted by atomic mass is 16.5. The number of piperazine rings is 1. The fourth-order valence-electron chi connectivity index (χ4n) is 3.27. The number of hydrogen-bond donors (Lipinski definition) is 2. The van der Waals surface area contributed by atoms with Gasteiger partial charge in [-0.05, 0) is 39.3 Å². The highest BCUT2D eigenvalue weighted by Gasteiger charge is 2.21. The number of ether oxygens (including phenoxy) is 1. The van der Waals surface area contributed by atoms with Crippen LogP contribution in [0.1, 0.15) is 27.2 Å². The molecule has 2 N–H and O–H groups in total. The second-order valence-corrected chi connectivity index (χ2v) is 6.90. The van der Waals surface area contributed by atoms with E-state index in [4.69, 9.17) is 9.73 Å². The molecule has 1 saturated heterocycles. The van der Waals surface area contributed by atoms with Crippen molar-refractivity contribution in [2.45, 2.75) is 33.2 Å². The summed E-state index contributed by atoms with van der Waals surface area (Å²) in [7, 11) is 0. The molecule has 1 heterocycles. The van der Waals surface area contributed by atoms with Crippen molar-refractivity contribution in [2.24, 2.45) is 4.99 Å². The number of para-hydroxylation sites is 1. The Labute approximate surface area is 165 Å². The van der Waals surface area contributed by atoms with Gasteiger partial charge in [0.25, 0.3) is 0 Å². The van der Waals surface area contributed by atoms with Crippen molar-refractivity contribution in [3.05, 3.63) is 30.3 Å². The lowest BCUT2D eigenvalue weighted by Gasteiger charge is -2.38. The quantitative estimate of drug-likeness (QED) is 0.373. The second-order valence-electron chi connectivity index (χ2n) is 6.90. The summed E-state index contributed by atoms with van der Waals surface area (Å²) < 4.78 is 5.38. The highest BCUT2D eigenvalue weighted by molar-refractivity contribution is 5.79. The Morgan fingerprint density at radius 3 is 2.52 bits per heavy atom. The number of nitrogens with one attached hydrogen (secondary N) is 2. The third kappa shape index (κ3) is 7.77. The maximum absolute atomic E-state index is 5.38. The molecule has 27 heavy (non-hydrogen) atoms. The summed E-state index contributed by atoms with van der Waals surface area (Å²) in [6.45, 7) is 14.9. The maximum Gasteiger partial charge on any atom is 0.191 e. The van der Waals surface area contributed by atoms with E-state index in [1.165, 1.54) is 5.69 Å². The Bertz CT molecular complexity index is 529. The van der Waals surface area contributed by atoms with Gasteiger partial charge in [-0.15, -0.1) is 0 Å². The zero-order chi connectivity index (χ0) is 19.3. The predicted molar refractivity (Wildman–Crippen MR) is 115 cm³/mol. The molecular formula is C21H37N5O. The van der Waals surface area contributed by atoms with E-state index in [0.717, 1.165) is 71.4 Å². The van der Waals surface area contributed by atoms with Crippen molar-refractivity contribution in [1.82, 2.24) is 15.5 Å². The Hall–Kier alpha value is -1.79. The van der Waals surface area contributed by atoms with Gasteiger partial charge in [0.15, 0.2) is 5.96 Å². The molecule has 0 radical (unpaired) electrons. The molecule has 2 rings (SSSR count). The van der Waals surface area contributed by atoms with Gasteiger partial charge in [-0.3, -0.25) is 9.89 Å². The normalized spacial score (nSPS) is 17.0. The summed E-state index contributed by atoms with van der Waals surface area (Å²) in [6.07, 6.45) is 0.995. The van der Waals surface area contributed by atoms with E-state index in [2.05, 4.69) is 64.6 Å². The van der Waals surface area contributed by atoms with Crippen LogP contribution in [-0.4, -0.2) is 75.9 Å². The lowest BCUT2D eigenvalue weighted by molar-refractivity contribution is 0.145. The lowest BCUT2D eigenvalue weighted by Crippen LogP contribution is -2.50. The van der Waals surface area contributed by atoms with Crippen molar-refractivity contribution in [3.63, 3.8) is 0 Å². The predicted octanol–water partition coefficient (Wildman–Crippen LogP) is 2.18. The first-order valence-corrected chi connectivity index (χ1v) is 10.4. The molecule has 0 spiro atoms. The van der Waals surface area contributed by atoms with E-state index < -0.39 is 0 Å². The number of nitrogens with zero attached hydrogens (tertiary/aromatic N) is 3. The Morgan fingerprint density at radius 1 is 1.11 bits per heavy atom. The lowest BCUT2D eigenvalue weighted by atomic mass is 10.2. The Morgan fingerprint density at radius 2 is 1.85 bits per heavy atom. The molecule has 152 valence electrons. The number of aliphatic imine (C=N–C) groups is 1. The summed E-state index contributed by atoms with van der Waals surface area (Å²) >= 11 is 0. The van der Waals surface area contributed by atoms with E-state index in [-0.39, 0.29) is 0 Å². The molecule has 1 fully saturated rings. The van der Waals surface area contributed by atoms with Crippen LogP contribution in [0.25, 0.3) is 0 Å². The molecule has 0 amide bonds. The number of anilines is 1. The van der Waals surface area contributed by atoms with Gasteiger partial charge in [-0.1, -0.05) is 18.2 Å². The first kappa shape index (κ1) is 21.5. The first-order valence-electron chi connectivity index (χ1n) is 10.4. The molecule has 0 saturated carbocycles. The van der Waals surface area contributed by atoms with E-state index in [1.54, 1.807) is 0 Å². The topological polar surface area (TPSA) is 52.1 Å². The van der Waals surface area contributed by atoms with Crippen LogP contribution in [0.2, 0.25) is 0 Å². The van der Waals surface area contributed by atoms with E-state index >= 15 is 0 Å². The second kappa shape index (κ2) is 12.6. The van der Waals surface area contributed by atoms with Crippen LogP contribution in [0.4, 0.5) is 5.69 Å². The fourth-order valence-corrected chi connectivity index (χ4v) is 3.27. The largest absolute Gasteiger partial charge is 0.382 e. The van der Waals surface area contributed by atoms with Gasteiger partial charge >= 0.3 is 0 Å². The van der Waals surface area contributed by atoms with Crippen LogP contribution in [-0.2, 0) is 4.74 Å². The minimum atomic E-state index is 0.446.